The van der Waals surface area contributed by atoms with E-state index in [9.17, 15) is 9.59 Å². The molecule has 30 heavy (non-hydrogen) atoms. The maximum absolute atomic E-state index is 12.6. The second kappa shape index (κ2) is 13.8. The molecule has 2 rings (SSSR count). The van der Waals surface area contributed by atoms with Gasteiger partial charge in [-0.2, -0.15) is 0 Å². The van der Waals surface area contributed by atoms with Crippen LogP contribution < -0.4 is 10.6 Å². The van der Waals surface area contributed by atoms with E-state index in [1.54, 1.807) is 0 Å². The van der Waals surface area contributed by atoms with Gasteiger partial charge in [-0.1, -0.05) is 95.5 Å². The van der Waals surface area contributed by atoms with Crippen molar-refractivity contribution in [2.45, 2.75) is 90.9 Å². The molecule has 0 aliphatic heterocycles. The molecule has 0 aliphatic carbocycles. The summed E-state index contributed by atoms with van der Waals surface area (Å²) >= 11 is 0. The normalized spacial score (nSPS) is 10.9. The first-order valence-electron chi connectivity index (χ1n) is 11.8. The van der Waals surface area contributed by atoms with E-state index in [2.05, 4.69) is 24.5 Å². The molecule has 0 aromatic heterocycles. The lowest BCUT2D eigenvalue weighted by Gasteiger charge is -2.15. The Morgan fingerprint density at radius 1 is 0.667 bits per heavy atom. The molecule has 0 saturated carbocycles. The van der Waals surface area contributed by atoms with Crippen molar-refractivity contribution in [2.75, 3.05) is 10.6 Å². The Balaban J connectivity index is 2.02. The van der Waals surface area contributed by atoms with Gasteiger partial charge in [0.15, 0.2) is 0 Å². The van der Waals surface area contributed by atoms with Crippen LogP contribution in [0.2, 0.25) is 0 Å². The lowest BCUT2D eigenvalue weighted by atomic mass is 10.1. The second-order valence-corrected chi connectivity index (χ2v) is 8.13. The van der Waals surface area contributed by atoms with E-state index in [0.29, 0.717) is 24.2 Å². The first-order chi connectivity index (χ1) is 14.7. The van der Waals surface area contributed by atoms with Gasteiger partial charge < -0.3 is 10.6 Å². The number of rotatable bonds is 14. The van der Waals surface area contributed by atoms with Crippen LogP contribution in [0.5, 0.6) is 0 Å². The van der Waals surface area contributed by atoms with Crippen LogP contribution in [0.4, 0.5) is 11.4 Å². The number of fused-ring (bicyclic) bond motifs is 1. The van der Waals surface area contributed by atoms with Crippen molar-refractivity contribution < 1.29 is 9.59 Å². The molecule has 0 aliphatic rings. The van der Waals surface area contributed by atoms with E-state index in [1.807, 2.05) is 36.4 Å². The number of hydrogen-bond donors (Lipinski definition) is 2. The predicted octanol–water partition coefficient (Wildman–Crippen LogP) is 7.44. The Bertz CT molecular complexity index is 801. The van der Waals surface area contributed by atoms with Crippen molar-refractivity contribution in [1.29, 1.82) is 0 Å². The quantitative estimate of drug-likeness (QED) is 0.318. The number of carbonyl (C=O) groups is 2. The first kappa shape index (κ1) is 23.9. The molecule has 0 saturated heterocycles. The smallest absolute Gasteiger partial charge is 0.224 e. The standard InChI is InChI=1S/C26H38N2O2/c1-3-5-7-9-11-17-24(29)27-23-20-19-21-15-13-14-16-22(21)26(23)28-25(30)18-12-10-8-6-4-2/h13-16,19-20H,3-12,17-18H2,1-2H3,(H,27,29)(H,28,30). The molecule has 2 aromatic rings. The average molecular weight is 411 g/mol. The molecule has 4 heteroatoms. The summed E-state index contributed by atoms with van der Waals surface area (Å²) in [6, 6.07) is 11.8. The van der Waals surface area contributed by atoms with Crippen LogP contribution in [0, 0.1) is 0 Å². The Morgan fingerprint density at radius 3 is 1.87 bits per heavy atom. The molecular formula is C26H38N2O2. The molecule has 0 bridgehead atoms. The minimum absolute atomic E-state index is 0.0110. The summed E-state index contributed by atoms with van der Waals surface area (Å²) in [6.07, 6.45) is 12.2. The fourth-order valence-electron chi connectivity index (χ4n) is 3.70. The van der Waals surface area contributed by atoms with Crippen molar-refractivity contribution in [3.05, 3.63) is 36.4 Å². The topological polar surface area (TPSA) is 58.2 Å². The van der Waals surface area contributed by atoms with E-state index >= 15 is 0 Å². The number of unbranched alkanes of at least 4 members (excludes halogenated alkanes) is 8. The molecule has 2 N–H and O–H groups in total. The van der Waals surface area contributed by atoms with Gasteiger partial charge in [-0.05, 0) is 24.3 Å². The third-order valence-electron chi connectivity index (χ3n) is 5.48. The molecule has 164 valence electrons. The monoisotopic (exact) mass is 410 g/mol. The summed E-state index contributed by atoms with van der Waals surface area (Å²) in [6.45, 7) is 4.38. The number of amides is 2. The SMILES string of the molecule is CCCCCCCC(=O)Nc1ccc2ccccc2c1NC(=O)CCCCCCC. The van der Waals surface area contributed by atoms with Crippen LogP contribution in [0.1, 0.15) is 90.9 Å². The summed E-state index contributed by atoms with van der Waals surface area (Å²) in [5.74, 6) is 0.0229. The molecule has 0 fully saturated rings. The van der Waals surface area contributed by atoms with Crippen molar-refractivity contribution in [3.8, 4) is 0 Å². The molecule has 2 aromatic carbocycles. The van der Waals surface area contributed by atoms with Crippen LogP contribution in [-0.4, -0.2) is 11.8 Å². The Kier molecular flexibility index (Phi) is 11.0. The van der Waals surface area contributed by atoms with Crippen LogP contribution >= 0.6 is 0 Å². The van der Waals surface area contributed by atoms with Gasteiger partial charge >= 0.3 is 0 Å². The third kappa shape index (κ3) is 8.17. The fraction of sp³-hybridized carbons (Fsp3) is 0.538. The van der Waals surface area contributed by atoms with E-state index in [0.717, 1.165) is 36.5 Å². The number of benzene rings is 2. The maximum atomic E-state index is 12.6. The second-order valence-electron chi connectivity index (χ2n) is 8.13. The molecule has 0 heterocycles. The maximum Gasteiger partial charge on any atom is 0.224 e. The summed E-state index contributed by atoms with van der Waals surface area (Å²) < 4.78 is 0. The highest BCUT2D eigenvalue weighted by molar-refractivity contribution is 6.09. The fourth-order valence-corrected chi connectivity index (χ4v) is 3.70. The molecule has 0 unspecified atom stereocenters. The van der Waals surface area contributed by atoms with Crippen molar-refractivity contribution in [2.24, 2.45) is 0 Å². The highest BCUT2D eigenvalue weighted by Crippen LogP contribution is 2.32. The number of anilines is 2. The summed E-state index contributed by atoms with van der Waals surface area (Å²) in [5, 5.41) is 8.11. The highest BCUT2D eigenvalue weighted by atomic mass is 16.2. The zero-order chi connectivity index (χ0) is 21.6. The van der Waals surface area contributed by atoms with Gasteiger partial charge in [0.2, 0.25) is 11.8 Å². The number of nitrogens with one attached hydrogen (secondary N) is 2. The molecule has 0 atom stereocenters. The zero-order valence-electron chi connectivity index (χ0n) is 18.8. The lowest BCUT2D eigenvalue weighted by molar-refractivity contribution is -0.117. The minimum Gasteiger partial charge on any atom is -0.324 e. The highest BCUT2D eigenvalue weighted by Gasteiger charge is 2.13. The van der Waals surface area contributed by atoms with Gasteiger partial charge in [0.1, 0.15) is 0 Å². The molecular weight excluding hydrogens is 372 g/mol. The van der Waals surface area contributed by atoms with Gasteiger partial charge in [-0.15, -0.1) is 0 Å². The summed E-state index contributed by atoms with van der Waals surface area (Å²) in [7, 11) is 0. The van der Waals surface area contributed by atoms with Gasteiger partial charge in [0.05, 0.1) is 11.4 Å². The Hall–Kier alpha value is -2.36. The minimum atomic E-state index is 0.0110. The van der Waals surface area contributed by atoms with Crippen LogP contribution in [-0.2, 0) is 9.59 Å². The van der Waals surface area contributed by atoms with Gasteiger partial charge in [0.25, 0.3) is 0 Å². The lowest BCUT2D eigenvalue weighted by Crippen LogP contribution is -2.16. The van der Waals surface area contributed by atoms with Crippen LogP contribution in [0.3, 0.4) is 0 Å². The van der Waals surface area contributed by atoms with Crippen LogP contribution in [0.15, 0.2) is 36.4 Å². The Morgan fingerprint density at radius 2 is 1.23 bits per heavy atom. The zero-order valence-corrected chi connectivity index (χ0v) is 18.8. The van der Waals surface area contributed by atoms with E-state index < -0.39 is 0 Å². The number of hydrogen-bond acceptors (Lipinski definition) is 2. The Labute approximate surface area is 181 Å². The molecule has 2 amide bonds. The molecule has 0 spiro atoms. The van der Waals surface area contributed by atoms with Crippen molar-refractivity contribution >= 4 is 34.0 Å². The van der Waals surface area contributed by atoms with Crippen molar-refractivity contribution in [1.82, 2.24) is 0 Å². The average Bonchev–Trinajstić information content (AvgIpc) is 2.75. The largest absolute Gasteiger partial charge is 0.324 e. The third-order valence-corrected chi connectivity index (χ3v) is 5.48. The summed E-state index contributed by atoms with van der Waals surface area (Å²) in [5.41, 5.74) is 1.40. The molecule has 0 radical (unpaired) electrons. The number of carbonyl (C=O) groups excluding carboxylic acids is 2. The van der Waals surface area contributed by atoms with Gasteiger partial charge in [0, 0.05) is 18.2 Å². The van der Waals surface area contributed by atoms with Gasteiger partial charge in [-0.3, -0.25) is 9.59 Å². The van der Waals surface area contributed by atoms with E-state index in [1.165, 1.54) is 38.5 Å². The van der Waals surface area contributed by atoms with Gasteiger partial charge in [-0.25, -0.2) is 0 Å². The van der Waals surface area contributed by atoms with Crippen LogP contribution in [0.25, 0.3) is 10.8 Å². The van der Waals surface area contributed by atoms with E-state index in [-0.39, 0.29) is 11.8 Å². The first-order valence-corrected chi connectivity index (χ1v) is 11.8. The van der Waals surface area contributed by atoms with E-state index in [4.69, 9.17) is 0 Å². The predicted molar refractivity (Wildman–Crippen MR) is 128 cm³/mol. The summed E-state index contributed by atoms with van der Waals surface area (Å²) in [4.78, 5) is 25.0. The van der Waals surface area contributed by atoms with Crippen molar-refractivity contribution in [3.63, 3.8) is 0 Å². The molecule has 4 nitrogen and oxygen atoms in total.